The molecule has 1 N–H and O–H groups in total. The molecule has 2 aliphatic carbocycles. The monoisotopic (exact) mass is 278 g/mol. The van der Waals surface area contributed by atoms with Gasteiger partial charge in [0.05, 0.1) is 6.54 Å². The third-order valence-corrected chi connectivity index (χ3v) is 4.79. The Hall–Kier alpha value is -0.830. The van der Waals surface area contributed by atoms with E-state index in [2.05, 4.69) is 16.8 Å². The van der Waals surface area contributed by atoms with Crippen LogP contribution >= 0.6 is 0 Å². The van der Waals surface area contributed by atoms with Crippen molar-refractivity contribution in [2.75, 3.05) is 13.1 Å². The first-order valence-electron chi connectivity index (χ1n) is 8.45. The molecular formula is C17H30N2O. The normalized spacial score (nSPS) is 21.6. The van der Waals surface area contributed by atoms with Crippen molar-refractivity contribution in [1.29, 1.82) is 0 Å². The zero-order valence-electron chi connectivity index (χ0n) is 12.8. The summed E-state index contributed by atoms with van der Waals surface area (Å²) in [5, 5.41) is 3.18. The van der Waals surface area contributed by atoms with Gasteiger partial charge in [0.2, 0.25) is 5.91 Å². The summed E-state index contributed by atoms with van der Waals surface area (Å²) in [7, 11) is 0. The minimum atomic E-state index is 0.311. The summed E-state index contributed by atoms with van der Waals surface area (Å²) in [6.07, 6.45) is 14.5. The predicted molar refractivity (Wildman–Crippen MR) is 83.7 cm³/mol. The number of rotatable bonds is 6. The average Bonchev–Trinajstić information content (AvgIpc) is 2.50. The minimum absolute atomic E-state index is 0.311. The van der Waals surface area contributed by atoms with Crippen LogP contribution in [0.25, 0.3) is 0 Å². The average molecular weight is 278 g/mol. The van der Waals surface area contributed by atoms with Crippen molar-refractivity contribution < 1.29 is 4.79 Å². The first-order chi connectivity index (χ1) is 9.83. The number of hydrogen-bond acceptors (Lipinski definition) is 2. The summed E-state index contributed by atoms with van der Waals surface area (Å²) in [5.74, 6) is 0.311. The topological polar surface area (TPSA) is 32.3 Å². The number of amides is 1. The fourth-order valence-corrected chi connectivity index (χ4v) is 3.80. The molecule has 3 heteroatoms. The van der Waals surface area contributed by atoms with Gasteiger partial charge in [0.15, 0.2) is 0 Å². The van der Waals surface area contributed by atoms with Gasteiger partial charge in [0.25, 0.3) is 0 Å². The predicted octanol–water partition coefficient (Wildman–Crippen LogP) is 3.26. The van der Waals surface area contributed by atoms with Crippen molar-refractivity contribution >= 4 is 5.91 Å². The Morgan fingerprint density at radius 3 is 1.95 bits per heavy atom. The summed E-state index contributed by atoms with van der Waals surface area (Å²) in [4.78, 5) is 14.9. The van der Waals surface area contributed by atoms with Crippen molar-refractivity contribution in [3.8, 4) is 0 Å². The maximum absolute atomic E-state index is 12.6. The highest BCUT2D eigenvalue weighted by Crippen LogP contribution is 2.30. The van der Waals surface area contributed by atoms with Gasteiger partial charge in [-0.05, 0) is 25.7 Å². The lowest BCUT2D eigenvalue weighted by atomic mass is 9.88. The largest absolute Gasteiger partial charge is 0.336 e. The molecule has 0 radical (unpaired) electrons. The number of nitrogens with zero attached hydrogens (tertiary/aromatic N) is 1. The van der Waals surface area contributed by atoms with E-state index < -0.39 is 0 Å². The lowest BCUT2D eigenvalue weighted by Crippen LogP contribution is -2.51. The van der Waals surface area contributed by atoms with Crippen molar-refractivity contribution in [2.45, 2.75) is 76.3 Å². The molecule has 0 aromatic carbocycles. The molecule has 0 atom stereocenters. The molecule has 0 aromatic heterocycles. The summed E-state index contributed by atoms with van der Waals surface area (Å²) >= 11 is 0. The molecule has 0 bridgehead atoms. The summed E-state index contributed by atoms with van der Waals surface area (Å²) in [6.45, 7) is 4.88. The third-order valence-electron chi connectivity index (χ3n) is 4.79. The Bertz CT molecular complexity index is 286. The van der Waals surface area contributed by atoms with E-state index in [0.29, 0.717) is 24.5 Å². The molecule has 2 rings (SSSR count). The molecule has 2 aliphatic rings. The lowest BCUT2D eigenvalue weighted by molar-refractivity contribution is -0.136. The fourth-order valence-electron chi connectivity index (χ4n) is 3.80. The Morgan fingerprint density at radius 2 is 1.50 bits per heavy atom. The van der Waals surface area contributed by atoms with E-state index in [1.165, 1.54) is 64.2 Å². The summed E-state index contributed by atoms with van der Waals surface area (Å²) in [5.41, 5.74) is 0. The highest BCUT2D eigenvalue weighted by Gasteiger charge is 2.31. The summed E-state index contributed by atoms with van der Waals surface area (Å²) < 4.78 is 0. The van der Waals surface area contributed by atoms with Gasteiger partial charge in [-0.3, -0.25) is 4.79 Å². The molecule has 0 aliphatic heterocycles. The molecule has 2 saturated carbocycles. The van der Waals surface area contributed by atoms with Crippen LogP contribution in [-0.2, 0) is 4.79 Å². The van der Waals surface area contributed by atoms with Crippen molar-refractivity contribution in [1.82, 2.24) is 10.2 Å². The highest BCUT2D eigenvalue weighted by molar-refractivity contribution is 5.79. The van der Waals surface area contributed by atoms with Crippen LogP contribution in [0.15, 0.2) is 12.7 Å². The van der Waals surface area contributed by atoms with Crippen molar-refractivity contribution in [3.05, 3.63) is 12.7 Å². The molecular weight excluding hydrogens is 248 g/mol. The molecule has 2 fully saturated rings. The number of nitrogens with one attached hydrogen (secondary N) is 1. The molecule has 0 spiro atoms. The Morgan fingerprint density at radius 1 is 1.00 bits per heavy atom. The molecule has 0 saturated heterocycles. The molecule has 20 heavy (non-hydrogen) atoms. The van der Waals surface area contributed by atoms with Crippen LogP contribution in [0.1, 0.15) is 64.2 Å². The Labute approximate surface area is 123 Å². The van der Waals surface area contributed by atoms with E-state index in [4.69, 9.17) is 0 Å². The first-order valence-corrected chi connectivity index (χ1v) is 8.45. The number of carbonyl (C=O) groups excluding carboxylic acids is 1. The second kappa shape index (κ2) is 8.46. The van der Waals surface area contributed by atoms with E-state index in [-0.39, 0.29) is 0 Å². The van der Waals surface area contributed by atoms with E-state index in [0.717, 1.165) is 6.54 Å². The Kier molecular flexibility index (Phi) is 6.58. The van der Waals surface area contributed by atoms with E-state index in [1.807, 2.05) is 6.08 Å². The van der Waals surface area contributed by atoms with Crippen molar-refractivity contribution in [2.24, 2.45) is 0 Å². The smallest absolute Gasteiger partial charge is 0.237 e. The lowest BCUT2D eigenvalue weighted by Gasteiger charge is -2.42. The second-order valence-corrected chi connectivity index (χ2v) is 6.30. The van der Waals surface area contributed by atoms with Crippen molar-refractivity contribution in [3.63, 3.8) is 0 Å². The maximum atomic E-state index is 12.6. The zero-order valence-corrected chi connectivity index (χ0v) is 12.8. The first kappa shape index (κ1) is 15.6. The van der Waals surface area contributed by atoms with Gasteiger partial charge < -0.3 is 10.2 Å². The van der Waals surface area contributed by atoms with Crippen LogP contribution in [-0.4, -0.2) is 36.0 Å². The van der Waals surface area contributed by atoms with Gasteiger partial charge in [-0.1, -0.05) is 44.6 Å². The van der Waals surface area contributed by atoms with E-state index in [1.54, 1.807) is 0 Å². The Balaban J connectivity index is 1.97. The molecule has 114 valence electrons. The third kappa shape index (κ3) is 4.34. The molecule has 1 amide bonds. The molecule has 0 heterocycles. The van der Waals surface area contributed by atoms with Gasteiger partial charge in [-0.15, -0.1) is 6.58 Å². The number of carbonyl (C=O) groups is 1. The van der Waals surface area contributed by atoms with Crippen LogP contribution in [0, 0.1) is 0 Å². The van der Waals surface area contributed by atoms with E-state index >= 15 is 0 Å². The summed E-state index contributed by atoms with van der Waals surface area (Å²) in [6, 6.07) is 1.01. The van der Waals surface area contributed by atoms with Crippen LogP contribution in [0.5, 0.6) is 0 Å². The van der Waals surface area contributed by atoms with Crippen LogP contribution in [0.2, 0.25) is 0 Å². The molecule has 0 unspecified atom stereocenters. The van der Waals surface area contributed by atoms with Crippen LogP contribution < -0.4 is 5.32 Å². The van der Waals surface area contributed by atoms with Crippen LogP contribution in [0.3, 0.4) is 0 Å². The SMILES string of the molecule is C=CCNCC(=O)N(C1CCCCC1)C1CCCCC1. The van der Waals surface area contributed by atoms with Gasteiger partial charge in [0, 0.05) is 18.6 Å². The van der Waals surface area contributed by atoms with Gasteiger partial charge in [-0.2, -0.15) is 0 Å². The van der Waals surface area contributed by atoms with E-state index in [9.17, 15) is 4.79 Å². The highest BCUT2D eigenvalue weighted by atomic mass is 16.2. The van der Waals surface area contributed by atoms with Gasteiger partial charge in [-0.25, -0.2) is 0 Å². The maximum Gasteiger partial charge on any atom is 0.237 e. The minimum Gasteiger partial charge on any atom is -0.336 e. The standard InChI is InChI=1S/C17H30N2O/c1-2-13-18-14-17(20)19(15-9-5-3-6-10-15)16-11-7-4-8-12-16/h2,15-16,18H,1,3-14H2. The zero-order chi connectivity index (χ0) is 14.2. The quantitative estimate of drug-likeness (QED) is 0.597. The van der Waals surface area contributed by atoms with Gasteiger partial charge >= 0.3 is 0 Å². The molecule has 3 nitrogen and oxygen atoms in total. The fraction of sp³-hybridized carbons (Fsp3) is 0.824. The molecule has 0 aromatic rings. The van der Waals surface area contributed by atoms with Crippen LogP contribution in [0.4, 0.5) is 0 Å². The number of hydrogen-bond donors (Lipinski definition) is 1. The second-order valence-electron chi connectivity index (χ2n) is 6.30. The van der Waals surface area contributed by atoms with Gasteiger partial charge in [0.1, 0.15) is 0 Å².